The molecule has 0 rings (SSSR count). The third-order valence-electron chi connectivity index (χ3n) is 18.6. The molecule has 588 valence electrons. The first-order chi connectivity index (χ1) is 47.7. The molecule has 99 heavy (non-hydrogen) atoms. The predicted octanol–water partition coefficient (Wildman–Crippen LogP) is 23.7. The topological polar surface area (TPSA) is 237 Å². The van der Waals surface area contributed by atoms with Gasteiger partial charge in [0.25, 0.3) is 0 Å². The molecule has 0 saturated carbocycles. The molecule has 5 atom stereocenters. The number of phosphoric ester groups is 2. The van der Waals surface area contributed by atoms with Crippen molar-refractivity contribution in [1.82, 2.24) is 0 Å². The van der Waals surface area contributed by atoms with E-state index in [0.29, 0.717) is 25.7 Å². The Kier molecular flexibility index (Phi) is 69.0. The monoisotopic (exact) mass is 1450 g/mol. The molecule has 0 aromatic heterocycles. The smallest absolute Gasteiger partial charge is 0.462 e. The zero-order valence-electron chi connectivity index (χ0n) is 65.0. The lowest BCUT2D eigenvalue weighted by atomic mass is 10.0. The van der Waals surface area contributed by atoms with Gasteiger partial charge >= 0.3 is 39.5 Å². The summed E-state index contributed by atoms with van der Waals surface area (Å²) in [6, 6.07) is 0. The Bertz CT molecular complexity index is 1920. The van der Waals surface area contributed by atoms with Crippen LogP contribution in [-0.2, 0) is 65.4 Å². The molecule has 0 amide bonds. The van der Waals surface area contributed by atoms with Crippen LogP contribution >= 0.6 is 15.6 Å². The molecule has 0 aliphatic heterocycles. The van der Waals surface area contributed by atoms with Crippen LogP contribution in [0.1, 0.15) is 414 Å². The average Bonchev–Trinajstić information content (AvgIpc) is 1.65. The molecular weight excluding hydrogens is 1290 g/mol. The molecule has 2 unspecified atom stereocenters. The van der Waals surface area contributed by atoms with Crippen LogP contribution in [0.5, 0.6) is 0 Å². The van der Waals surface area contributed by atoms with E-state index in [1.54, 1.807) is 0 Å². The number of ether oxygens (including phenoxy) is 4. The second-order valence-corrected chi connectivity index (χ2v) is 33.1. The van der Waals surface area contributed by atoms with Gasteiger partial charge in [0, 0.05) is 25.7 Å². The summed E-state index contributed by atoms with van der Waals surface area (Å²) in [6.07, 6.45) is 58.3. The summed E-state index contributed by atoms with van der Waals surface area (Å²) in [5.74, 6) is 0.216. The molecule has 0 spiro atoms. The normalized spacial score (nSPS) is 14.0. The van der Waals surface area contributed by atoms with Gasteiger partial charge in [-0.2, -0.15) is 0 Å². The highest BCUT2D eigenvalue weighted by Crippen LogP contribution is 2.45. The summed E-state index contributed by atoms with van der Waals surface area (Å²) in [5.41, 5.74) is 0. The Balaban J connectivity index is 5.22. The minimum Gasteiger partial charge on any atom is -0.462 e. The quantitative estimate of drug-likeness (QED) is 0.0222. The van der Waals surface area contributed by atoms with Crippen LogP contribution < -0.4 is 0 Å². The number of aliphatic hydroxyl groups is 1. The lowest BCUT2D eigenvalue weighted by Gasteiger charge is -2.21. The third kappa shape index (κ3) is 74.1. The molecule has 0 saturated heterocycles. The summed E-state index contributed by atoms with van der Waals surface area (Å²) in [7, 11) is -9.92. The van der Waals surface area contributed by atoms with Crippen molar-refractivity contribution in [2.24, 2.45) is 17.8 Å². The minimum absolute atomic E-state index is 0.106. The maximum Gasteiger partial charge on any atom is 0.472 e. The number of carbonyl (C=O) groups excluding carboxylic acids is 4. The standard InChI is InChI=1S/C80H156O17P2/c1-8-9-10-11-12-13-14-26-33-40-47-54-61-77(82)90-68-76(97-80(85)64-57-50-43-36-29-32-39-46-53-60-73(6)7)70-95-99(88,89)93-66-74(81)65-92-98(86,87)94-69-75(67-91-78(83)62-55-48-41-34-28-23-25-31-38-45-52-59-72(4)5)96-79(84)63-56-49-42-35-27-22-20-18-16-15-17-19-21-24-30-37-44-51-58-71(2)3/h71-76,81H,8-70H2,1-7H3,(H,86,87)(H,88,89)/t74-,75-,76-/m1/s1. The van der Waals surface area contributed by atoms with E-state index >= 15 is 0 Å². The van der Waals surface area contributed by atoms with Crippen molar-refractivity contribution < 1.29 is 80.2 Å². The molecule has 0 fully saturated rings. The number of rotatable bonds is 78. The number of hydrogen-bond acceptors (Lipinski definition) is 15. The maximum absolute atomic E-state index is 13.1. The van der Waals surface area contributed by atoms with E-state index in [-0.39, 0.29) is 25.7 Å². The molecule has 0 aliphatic rings. The number of unbranched alkanes of at least 4 members (excludes halogenated alkanes) is 46. The number of carbonyl (C=O) groups is 4. The molecule has 0 radical (unpaired) electrons. The Morgan fingerprint density at radius 2 is 0.465 bits per heavy atom. The minimum atomic E-state index is -4.96. The van der Waals surface area contributed by atoms with Crippen LogP contribution in [0.2, 0.25) is 0 Å². The van der Waals surface area contributed by atoms with E-state index in [2.05, 4.69) is 48.5 Å². The predicted molar refractivity (Wildman–Crippen MR) is 405 cm³/mol. The van der Waals surface area contributed by atoms with Crippen LogP contribution in [0.25, 0.3) is 0 Å². The van der Waals surface area contributed by atoms with Gasteiger partial charge in [0.05, 0.1) is 26.4 Å². The molecule has 3 N–H and O–H groups in total. The van der Waals surface area contributed by atoms with Gasteiger partial charge in [-0.3, -0.25) is 37.3 Å². The van der Waals surface area contributed by atoms with Crippen LogP contribution in [0.4, 0.5) is 0 Å². The van der Waals surface area contributed by atoms with Crippen molar-refractivity contribution in [3.63, 3.8) is 0 Å². The second-order valence-electron chi connectivity index (χ2n) is 30.2. The van der Waals surface area contributed by atoms with Gasteiger partial charge in [0.1, 0.15) is 19.3 Å². The van der Waals surface area contributed by atoms with Crippen molar-refractivity contribution in [3.05, 3.63) is 0 Å². The number of hydrogen-bond donors (Lipinski definition) is 3. The van der Waals surface area contributed by atoms with Gasteiger partial charge in [-0.05, 0) is 43.4 Å². The van der Waals surface area contributed by atoms with E-state index in [9.17, 15) is 43.2 Å². The Morgan fingerprint density at radius 1 is 0.273 bits per heavy atom. The van der Waals surface area contributed by atoms with Gasteiger partial charge in [-0.25, -0.2) is 9.13 Å². The van der Waals surface area contributed by atoms with Gasteiger partial charge in [0.2, 0.25) is 0 Å². The van der Waals surface area contributed by atoms with Gasteiger partial charge in [-0.1, -0.05) is 363 Å². The first-order valence-corrected chi connectivity index (χ1v) is 44.3. The average molecular weight is 1450 g/mol. The first kappa shape index (κ1) is 97.1. The van der Waals surface area contributed by atoms with Crippen molar-refractivity contribution in [2.75, 3.05) is 39.6 Å². The fourth-order valence-corrected chi connectivity index (χ4v) is 13.9. The maximum atomic E-state index is 13.1. The van der Waals surface area contributed by atoms with E-state index < -0.39 is 97.5 Å². The van der Waals surface area contributed by atoms with Crippen molar-refractivity contribution in [3.8, 4) is 0 Å². The summed E-state index contributed by atoms with van der Waals surface area (Å²) in [4.78, 5) is 73.0. The molecule has 0 aromatic rings. The third-order valence-corrected chi connectivity index (χ3v) is 20.5. The van der Waals surface area contributed by atoms with Gasteiger partial charge < -0.3 is 33.8 Å². The highest BCUT2D eigenvalue weighted by atomic mass is 31.2. The summed E-state index contributed by atoms with van der Waals surface area (Å²) in [6.45, 7) is 11.9. The summed E-state index contributed by atoms with van der Waals surface area (Å²) >= 11 is 0. The van der Waals surface area contributed by atoms with Crippen LogP contribution in [0, 0.1) is 17.8 Å². The summed E-state index contributed by atoms with van der Waals surface area (Å²) in [5, 5.41) is 10.6. The number of esters is 4. The molecule has 0 aliphatic carbocycles. The fraction of sp³-hybridized carbons (Fsp3) is 0.950. The largest absolute Gasteiger partial charge is 0.472 e. The van der Waals surface area contributed by atoms with E-state index in [1.165, 1.54) is 225 Å². The summed E-state index contributed by atoms with van der Waals surface area (Å²) < 4.78 is 68.7. The lowest BCUT2D eigenvalue weighted by molar-refractivity contribution is -0.161. The molecule has 0 heterocycles. The molecule has 19 heteroatoms. The molecular formula is C80H156O17P2. The second kappa shape index (κ2) is 70.4. The zero-order chi connectivity index (χ0) is 73.0. The number of aliphatic hydroxyl groups excluding tert-OH is 1. The Labute approximate surface area is 607 Å². The van der Waals surface area contributed by atoms with E-state index in [4.69, 9.17) is 37.0 Å². The van der Waals surface area contributed by atoms with Crippen molar-refractivity contribution in [2.45, 2.75) is 433 Å². The number of phosphoric acid groups is 2. The lowest BCUT2D eigenvalue weighted by Crippen LogP contribution is -2.30. The van der Waals surface area contributed by atoms with Crippen LogP contribution in [0.3, 0.4) is 0 Å². The van der Waals surface area contributed by atoms with Gasteiger partial charge in [0.15, 0.2) is 12.2 Å². The van der Waals surface area contributed by atoms with E-state index in [1.807, 2.05) is 0 Å². The van der Waals surface area contributed by atoms with Crippen LogP contribution in [-0.4, -0.2) is 96.7 Å². The molecule has 17 nitrogen and oxygen atoms in total. The highest BCUT2D eigenvalue weighted by molar-refractivity contribution is 7.47. The zero-order valence-corrected chi connectivity index (χ0v) is 66.8. The molecule has 0 aromatic carbocycles. The van der Waals surface area contributed by atoms with Gasteiger partial charge in [-0.15, -0.1) is 0 Å². The van der Waals surface area contributed by atoms with Crippen LogP contribution in [0.15, 0.2) is 0 Å². The Hall–Kier alpha value is -1.94. The fourth-order valence-electron chi connectivity index (χ4n) is 12.3. The molecule has 0 bridgehead atoms. The Morgan fingerprint density at radius 3 is 0.687 bits per heavy atom. The first-order valence-electron chi connectivity index (χ1n) is 41.3. The van der Waals surface area contributed by atoms with E-state index in [0.717, 1.165) is 108 Å². The highest BCUT2D eigenvalue weighted by Gasteiger charge is 2.30. The van der Waals surface area contributed by atoms with Crippen molar-refractivity contribution >= 4 is 39.5 Å². The SMILES string of the molecule is CCCCCCCCCCCCCCC(=O)OC[C@H](COP(=O)(O)OC[C@H](O)COP(=O)(O)OC[C@@H](COC(=O)CCCCCCCCCCCCCC(C)C)OC(=O)CCCCCCCCCCCCCCCCCCCCC(C)C)OC(=O)CCCCCCCCCCCC(C)C. The van der Waals surface area contributed by atoms with Crippen molar-refractivity contribution in [1.29, 1.82) is 0 Å².